The lowest BCUT2D eigenvalue weighted by Gasteiger charge is -2.11. The third-order valence-electron chi connectivity index (χ3n) is 4.50. The molecule has 0 saturated carbocycles. The van der Waals surface area contributed by atoms with Crippen molar-refractivity contribution in [3.05, 3.63) is 40.5 Å². The number of carbonyl (C=O) groups is 1. The van der Waals surface area contributed by atoms with E-state index < -0.39 is 0 Å². The molecule has 2 heterocycles. The van der Waals surface area contributed by atoms with Crippen LogP contribution in [0.1, 0.15) is 23.2 Å². The summed E-state index contributed by atoms with van der Waals surface area (Å²) in [6, 6.07) is 7.85. The quantitative estimate of drug-likeness (QED) is 0.559. The fourth-order valence-corrected chi connectivity index (χ4v) is 4.01. The lowest BCUT2D eigenvalue weighted by atomic mass is 10.1. The number of thiophene rings is 1. The molecule has 0 aliphatic heterocycles. The second-order valence-corrected chi connectivity index (χ2v) is 7.66. The maximum absolute atomic E-state index is 12.3. The zero-order valence-electron chi connectivity index (χ0n) is 17.2. The number of rotatable bonds is 9. The van der Waals surface area contributed by atoms with Gasteiger partial charge in [-0.2, -0.15) is 0 Å². The zero-order chi connectivity index (χ0) is 20.8. The number of methoxy groups -OCH3 is 2. The molecule has 3 rings (SSSR count). The second kappa shape index (κ2) is 9.56. The molecule has 0 atom stereocenters. The third-order valence-corrected chi connectivity index (χ3v) is 5.68. The first-order valence-electron chi connectivity index (χ1n) is 9.52. The van der Waals surface area contributed by atoms with Crippen molar-refractivity contribution in [2.24, 2.45) is 0 Å². The zero-order valence-corrected chi connectivity index (χ0v) is 18.0. The Balaban J connectivity index is 1.54. The van der Waals surface area contributed by atoms with Gasteiger partial charge in [-0.15, -0.1) is 11.3 Å². The lowest BCUT2D eigenvalue weighted by molar-refractivity contribution is -0.119. The fourth-order valence-electron chi connectivity index (χ4n) is 3.00. The van der Waals surface area contributed by atoms with Gasteiger partial charge in [-0.05, 0) is 43.5 Å². The van der Waals surface area contributed by atoms with Crippen LogP contribution in [0.4, 0.5) is 5.82 Å². The Hall–Kier alpha value is -2.87. The number of benzene rings is 1. The molecule has 0 fully saturated rings. The Labute approximate surface area is 174 Å². The third kappa shape index (κ3) is 5.14. The van der Waals surface area contributed by atoms with Crippen LogP contribution in [-0.2, 0) is 17.6 Å². The molecule has 2 aromatic heterocycles. The molecule has 0 radical (unpaired) electrons. The molecule has 8 heteroatoms. The average Bonchev–Trinajstić information content (AvgIpc) is 3.15. The molecular weight excluding hydrogens is 388 g/mol. The number of aromatic nitrogens is 2. The highest BCUT2D eigenvalue weighted by Gasteiger charge is 2.11. The minimum Gasteiger partial charge on any atom is -0.493 e. The van der Waals surface area contributed by atoms with Crippen molar-refractivity contribution in [3.63, 3.8) is 0 Å². The van der Waals surface area contributed by atoms with Crippen LogP contribution in [0.5, 0.6) is 11.5 Å². The minimum absolute atomic E-state index is 0.0826. The van der Waals surface area contributed by atoms with Crippen molar-refractivity contribution in [2.75, 3.05) is 32.6 Å². The van der Waals surface area contributed by atoms with Gasteiger partial charge in [0.2, 0.25) is 5.91 Å². The molecule has 7 nitrogen and oxygen atoms in total. The molecular formula is C21H26N4O3S. The van der Waals surface area contributed by atoms with Gasteiger partial charge in [0.15, 0.2) is 11.5 Å². The number of hydrogen-bond donors (Lipinski definition) is 2. The summed E-state index contributed by atoms with van der Waals surface area (Å²) in [5, 5.41) is 7.06. The van der Waals surface area contributed by atoms with Crippen LogP contribution in [0.2, 0.25) is 0 Å². The monoisotopic (exact) mass is 414 g/mol. The number of nitrogens with zero attached hydrogens (tertiary/aromatic N) is 2. The van der Waals surface area contributed by atoms with Crippen LogP contribution in [0.3, 0.4) is 0 Å². The number of anilines is 1. The van der Waals surface area contributed by atoms with Crippen molar-refractivity contribution in [3.8, 4) is 11.5 Å². The molecule has 1 aromatic carbocycles. The molecule has 2 N–H and O–H groups in total. The molecule has 0 bridgehead atoms. The maximum Gasteiger partial charge on any atom is 0.239 e. The van der Waals surface area contributed by atoms with E-state index in [0.29, 0.717) is 36.1 Å². The van der Waals surface area contributed by atoms with Crippen molar-refractivity contribution < 1.29 is 14.3 Å². The van der Waals surface area contributed by atoms with Gasteiger partial charge in [0.05, 0.1) is 26.2 Å². The number of amides is 1. The van der Waals surface area contributed by atoms with Crippen molar-refractivity contribution in [1.29, 1.82) is 0 Å². The number of aryl methyl sites for hydroxylation is 2. The van der Waals surface area contributed by atoms with Crippen LogP contribution in [0, 0.1) is 6.92 Å². The maximum atomic E-state index is 12.3. The standard InChI is InChI=1S/C21H26N4O3S/c1-5-15-11-16-20(24-13(2)25-21(16)29-15)23-12-19(26)22-9-8-14-6-7-17(27-3)18(10-14)28-4/h6-7,10-11H,5,8-9,12H2,1-4H3,(H,22,26)(H,23,24,25). The summed E-state index contributed by atoms with van der Waals surface area (Å²) in [7, 11) is 3.22. The Bertz CT molecular complexity index is 1000. The van der Waals surface area contributed by atoms with Crippen molar-refractivity contribution in [2.45, 2.75) is 26.7 Å². The van der Waals surface area contributed by atoms with Crippen LogP contribution < -0.4 is 20.1 Å². The van der Waals surface area contributed by atoms with Crippen molar-refractivity contribution >= 4 is 33.3 Å². The minimum atomic E-state index is -0.0826. The number of ether oxygens (including phenoxy) is 2. The smallest absolute Gasteiger partial charge is 0.239 e. The van der Waals surface area contributed by atoms with E-state index >= 15 is 0 Å². The summed E-state index contributed by atoms with van der Waals surface area (Å²) in [4.78, 5) is 23.4. The van der Waals surface area contributed by atoms with Crippen molar-refractivity contribution in [1.82, 2.24) is 15.3 Å². The molecule has 3 aromatic rings. The largest absolute Gasteiger partial charge is 0.493 e. The van der Waals surface area contributed by atoms with E-state index in [1.54, 1.807) is 25.6 Å². The van der Waals surface area contributed by atoms with E-state index in [9.17, 15) is 4.79 Å². The SMILES string of the molecule is CCc1cc2c(NCC(=O)NCCc3ccc(OC)c(OC)c3)nc(C)nc2s1. The van der Waals surface area contributed by atoms with E-state index in [1.807, 2.05) is 25.1 Å². The normalized spacial score (nSPS) is 10.8. The Morgan fingerprint density at radius 1 is 1.14 bits per heavy atom. The van der Waals surface area contributed by atoms with Gasteiger partial charge in [-0.1, -0.05) is 13.0 Å². The van der Waals surface area contributed by atoms with Gasteiger partial charge in [0, 0.05) is 11.4 Å². The average molecular weight is 415 g/mol. The first-order valence-corrected chi connectivity index (χ1v) is 10.3. The highest BCUT2D eigenvalue weighted by molar-refractivity contribution is 7.18. The van der Waals surface area contributed by atoms with E-state index in [2.05, 4.69) is 33.6 Å². The number of fused-ring (bicyclic) bond motifs is 1. The number of hydrogen-bond acceptors (Lipinski definition) is 7. The van der Waals surface area contributed by atoms with Gasteiger partial charge >= 0.3 is 0 Å². The summed E-state index contributed by atoms with van der Waals surface area (Å²) in [5.41, 5.74) is 1.06. The summed E-state index contributed by atoms with van der Waals surface area (Å²) in [6.07, 6.45) is 1.66. The molecule has 0 aliphatic rings. The fraction of sp³-hybridized carbons (Fsp3) is 0.381. The summed E-state index contributed by atoms with van der Waals surface area (Å²) in [5.74, 6) is 2.69. The predicted molar refractivity (Wildman–Crippen MR) is 116 cm³/mol. The molecule has 0 saturated heterocycles. The summed E-state index contributed by atoms with van der Waals surface area (Å²) >= 11 is 1.67. The number of carbonyl (C=O) groups excluding carboxylic acids is 1. The van der Waals surface area contributed by atoms with E-state index in [-0.39, 0.29) is 12.5 Å². The summed E-state index contributed by atoms with van der Waals surface area (Å²) < 4.78 is 10.6. The van der Waals surface area contributed by atoms with Gasteiger partial charge in [0.1, 0.15) is 16.5 Å². The van der Waals surface area contributed by atoms with Crippen LogP contribution >= 0.6 is 11.3 Å². The highest BCUT2D eigenvalue weighted by Crippen LogP contribution is 2.29. The van der Waals surface area contributed by atoms with E-state index in [0.717, 1.165) is 22.2 Å². The Morgan fingerprint density at radius 3 is 2.66 bits per heavy atom. The topological polar surface area (TPSA) is 85.4 Å². The molecule has 154 valence electrons. The van der Waals surface area contributed by atoms with Gasteiger partial charge < -0.3 is 20.1 Å². The van der Waals surface area contributed by atoms with Crippen LogP contribution in [-0.4, -0.2) is 43.2 Å². The Kier molecular flexibility index (Phi) is 6.87. The van der Waals surface area contributed by atoms with E-state index in [4.69, 9.17) is 9.47 Å². The Morgan fingerprint density at radius 2 is 1.93 bits per heavy atom. The first kappa shape index (κ1) is 20.9. The van der Waals surface area contributed by atoms with Crippen LogP contribution in [0.25, 0.3) is 10.2 Å². The van der Waals surface area contributed by atoms with Gasteiger partial charge in [-0.25, -0.2) is 9.97 Å². The van der Waals surface area contributed by atoms with Crippen LogP contribution in [0.15, 0.2) is 24.3 Å². The predicted octanol–water partition coefficient (Wildman–Crippen LogP) is 3.35. The second-order valence-electron chi connectivity index (χ2n) is 6.55. The van der Waals surface area contributed by atoms with E-state index in [1.165, 1.54) is 4.88 Å². The first-order chi connectivity index (χ1) is 14.0. The molecule has 0 spiro atoms. The van der Waals surface area contributed by atoms with Gasteiger partial charge in [0.25, 0.3) is 0 Å². The molecule has 0 aliphatic carbocycles. The molecule has 0 unspecified atom stereocenters. The highest BCUT2D eigenvalue weighted by atomic mass is 32.1. The molecule has 29 heavy (non-hydrogen) atoms. The number of nitrogens with one attached hydrogen (secondary N) is 2. The summed E-state index contributed by atoms with van der Waals surface area (Å²) in [6.45, 7) is 4.67. The van der Waals surface area contributed by atoms with Gasteiger partial charge in [-0.3, -0.25) is 4.79 Å². The lowest BCUT2D eigenvalue weighted by Crippen LogP contribution is -2.31. The molecule has 1 amide bonds.